The summed E-state index contributed by atoms with van der Waals surface area (Å²) >= 11 is 0. The van der Waals surface area contributed by atoms with E-state index in [4.69, 9.17) is 5.73 Å². The lowest BCUT2D eigenvalue weighted by atomic mass is 10.1. The van der Waals surface area contributed by atoms with Crippen LogP contribution >= 0.6 is 0 Å². The highest BCUT2D eigenvalue weighted by atomic mass is 16.5. The van der Waals surface area contributed by atoms with Gasteiger partial charge in [0.1, 0.15) is 0 Å². The van der Waals surface area contributed by atoms with Crippen molar-refractivity contribution in [1.29, 1.82) is 0 Å². The van der Waals surface area contributed by atoms with Gasteiger partial charge in [-0.15, -0.1) is 0 Å². The molecule has 0 aliphatic carbocycles. The zero-order valence-corrected chi connectivity index (χ0v) is 8.28. The average Bonchev–Trinajstić information content (AvgIpc) is 2.70. The van der Waals surface area contributed by atoms with E-state index in [1.54, 1.807) is 12.4 Å². The van der Waals surface area contributed by atoms with Crippen LogP contribution in [-0.2, 0) is 16.0 Å². The van der Waals surface area contributed by atoms with E-state index in [1.165, 1.54) is 7.11 Å². The summed E-state index contributed by atoms with van der Waals surface area (Å²) in [5.41, 5.74) is 8.64. The Hall–Kier alpha value is -2.04. The van der Waals surface area contributed by atoms with Crippen molar-refractivity contribution in [3.8, 4) is 0 Å². The molecule has 3 N–H and O–H groups in total. The van der Waals surface area contributed by atoms with Crippen molar-refractivity contribution in [3.05, 3.63) is 24.0 Å². The summed E-state index contributed by atoms with van der Waals surface area (Å²) in [4.78, 5) is 18.3. The molecule has 0 fully saturated rings. The lowest BCUT2D eigenvalue weighted by Crippen LogP contribution is -2.07. The van der Waals surface area contributed by atoms with Gasteiger partial charge in [0.15, 0.2) is 0 Å². The van der Waals surface area contributed by atoms with Crippen molar-refractivity contribution in [1.82, 2.24) is 9.97 Å². The van der Waals surface area contributed by atoms with Gasteiger partial charge in [0, 0.05) is 11.3 Å². The Morgan fingerprint density at radius 3 is 3.13 bits per heavy atom. The van der Waals surface area contributed by atoms with Crippen LogP contribution in [0.1, 0.15) is 5.56 Å². The summed E-state index contributed by atoms with van der Waals surface area (Å²) in [5.74, 6) is -0.322. The zero-order valence-electron chi connectivity index (χ0n) is 8.28. The minimum Gasteiger partial charge on any atom is -0.469 e. The van der Waals surface area contributed by atoms with E-state index in [2.05, 4.69) is 14.7 Å². The Morgan fingerprint density at radius 1 is 1.60 bits per heavy atom. The Morgan fingerprint density at radius 2 is 2.40 bits per heavy atom. The van der Waals surface area contributed by atoms with Gasteiger partial charge < -0.3 is 15.5 Å². The number of nitrogens with zero attached hydrogens (tertiary/aromatic N) is 1. The molecular formula is C10H11N3O2. The number of ether oxygens (including phenoxy) is 1. The van der Waals surface area contributed by atoms with Crippen LogP contribution in [0.15, 0.2) is 18.5 Å². The number of carbonyl (C=O) groups excluding carboxylic acids is 1. The number of fused-ring (bicyclic) bond motifs is 1. The van der Waals surface area contributed by atoms with E-state index in [1.807, 2.05) is 6.07 Å². The number of hydrogen-bond donors (Lipinski definition) is 2. The minimum atomic E-state index is -0.322. The van der Waals surface area contributed by atoms with Gasteiger partial charge in [-0.3, -0.25) is 4.79 Å². The Bertz CT molecular complexity index is 504. The summed E-state index contributed by atoms with van der Waals surface area (Å²) in [6.07, 6.45) is 1.72. The first-order valence-corrected chi connectivity index (χ1v) is 4.49. The molecule has 1 aromatic carbocycles. The van der Waals surface area contributed by atoms with Crippen LogP contribution in [0.2, 0.25) is 0 Å². The molecule has 0 amide bonds. The molecule has 0 saturated carbocycles. The Kier molecular flexibility index (Phi) is 2.29. The standard InChI is InChI=1S/C10H11N3O2/c1-15-9(14)4-6-7(11)2-3-8-10(6)13-5-12-8/h2-3,5H,4,11H2,1H3,(H,12,13). The number of esters is 1. The van der Waals surface area contributed by atoms with Crippen LogP contribution in [-0.4, -0.2) is 23.0 Å². The molecule has 0 aliphatic rings. The number of nitrogens with two attached hydrogens (primary N) is 1. The summed E-state index contributed by atoms with van der Waals surface area (Å²) in [5, 5.41) is 0. The molecule has 0 atom stereocenters. The van der Waals surface area contributed by atoms with Crippen molar-refractivity contribution in [2.75, 3.05) is 12.8 Å². The fraction of sp³-hybridized carbons (Fsp3) is 0.200. The van der Waals surface area contributed by atoms with Gasteiger partial charge in [-0.25, -0.2) is 4.98 Å². The molecule has 0 bridgehead atoms. The maximum Gasteiger partial charge on any atom is 0.310 e. The van der Waals surface area contributed by atoms with Crippen molar-refractivity contribution in [3.63, 3.8) is 0 Å². The molecule has 0 spiro atoms. The predicted molar refractivity (Wildman–Crippen MR) is 56.2 cm³/mol. The van der Waals surface area contributed by atoms with Gasteiger partial charge in [-0.05, 0) is 12.1 Å². The van der Waals surface area contributed by atoms with Gasteiger partial charge in [-0.2, -0.15) is 0 Å². The molecule has 2 aromatic rings. The normalized spacial score (nSPS) is 10.5. The molecular weight excluding hydrogens is 194 g/mol. The number of aromatic amines is 1. The van der Waals surface area contributed by atoms with Gasteiger partial charge in [0.2, 0.25) is 0 Å². The highest BCUT2D eigenvalue weighted by Crippen LogP contribution is 2.22. The van der Waals surface area contributed by atoms with E-state index >= 15 is 0 Å². The van der Waals surface area contributed by atoms with Crippen molar-refractivity contribution in [2.24, 2.45) is 0 Å². The van der Waals surface area contributed by atoms with Gasteiger partial charge in [0.25, 0.3) is 0 Å². The van der Waals surface area contributed by atoms with Crippen LogP contribution in [0.3, 0.4) is 0 Å². The lowest BCUT2D eigenvalue weighted by molar-refractivity contribution is -0.139. The monoisotopic (exact) mass is 205 g/mol. The molecule has 5 heteroatoms. The molecule has 1 heterocycles. The summed E-state index contributed by atoms with van der Waals surface area (Å²) < 4.78 is 4.60. The number of H-pyrrole nitrogens is 1. The number of methoxy groups -OCH3 is 1. The molecule has 5 nitrogen and oxygen atoms in total. The molecule has 0 saturated heterocycles. The van der Waals surface area contributed by atoms with Crippen LogP contribution in [0, 0.1) is 0 Å². The third kappa shape index (κ3) is 1.63. The molecule has 15 heavy (non-hydrogen) atoms. The van der Waals surface area contributed by atoms with Crippen LogP contribution in [0.5, 0.6) is 0 Å². The largest absolute Gasteiger partial charge is 0.469 e. The highest BCUT2D eigenvalue weighted by molar-refractivity contribution is 5.88. The van der Waals surface area contributed by atoms with Gasteiger partial charge in [0.05, 0.1) is 30.9 Å². The molecule has 1 aromatic heterocycles. The number of anilines is 1. The van der Waals surface area contributed by atoms with Crippen molar-refractivity contribution >= 4 is 22.7 Å². The van der Waals surface area contributed by atoms with E-state index < -0.39 is 0 Å². The van der Waals surface area contributed by atoms with Crippen LogP contribution in [0.4, 0.5) is 5.69 Å². The first-order chi connectivity index (χ1) is 7.22. The summed E-state index contributed by atoms with van der Waals surface area (Å²) in [6.45, 7) is 0. The number of benzene rings is 1. The minimum absolute atomic E-state index is 0.143. The van der Waals surface area contributed by atoms with Crippen molar-refractivity contribution in [2.45, 2.75) is 6.42 Å². The molecule has 2 rings (SSSR count). The van der Waals surface area contributed by atoms with E-state index in [0.717, 1.165) is 11.0 Å². The SMILES string of the molecule is COC(=O)Cc1c(N)ccc2[nH]cnc12. The quantitative estimate of drug-likeness (QED) is 0.562. The molecule has 78 valence electrons. The maximum absolute atomic E-state index is 11.2. The topological polar surface area (TPSA) is 81.0 Å². The average molecular weight is 205 g/mol. The number of nitrogens with one attached hydrogen (secondary N) is 1. The second kappa shape index (κ2) is 3.61. The van der Waals surface area contributed by atoms with E-state index in [0.29, 0.717) is 11.3 Å². The zero-order chi connectivity index (χ0) is 10.8. The fourth-order valence-corrected chi connectivity index (χ4v) is 1.48. The first kappa shape index (κ1) is 9.51. The van der Waals surface area contributed by atoms with Gasteiger partial charge in [-0.1, -0.05) is 0 Å². The first-order valence-electron chi connectivity index (χ1n) is 4.49. The van der Waals surface area contributed by atoms with Crippen molar-refractivity contribution < 1.29 is 9.53 Å². The third-order valence-electron chi connectivity index (χ3n) is 2.28. The number of hydrogen-bond acceptors (Lipinski definition) is 4. The molecule has 0 radical (unpaired) electrons. The number of carbonyl (C=O) groups is 1. The van der Waals surface area contributed by atoms with Gasteiger partial charge >= 0.3 is 5.97 Å². The molecule has 0 aliphatic heterocycles. The Labute approximate surface area is 86.3 Å². The third-order valence-corrected chi connectivity index (χ3v) is 2.28. The molecule has 0 unspecified atom stereocenters. The highest BCUT2D eigenvalue weighted by Gasteiger charge is 2.11. The fourth-order valence-electron chi connectivity index (χ4n) is 1.48. The van der Waals surface area contributed by atoms with Crippen LogP contribution in [0.25, 0.3) is 11.0 Å². The smallest absolute Gasteiger partial charge is 0.310 e. The van der Waals surface area contributed by atoms with E-state index in [9.17, 15) is 4.79 Å². The summed E-state index contributed by atoms with van der Waals surface area (Å²) in [7, 11) is 1.35. The lowest BCUT2D eigenvalue weighted by Gasteiger charge is -2.04. The number of aromatic nitrogens is 2. The van der Waals surface area contributed by atoms with E-state index in [-0.39, 0.29) is 12.4 Å². The maximum atomic E-state index is 11.2. The Balaban J connectivity index is 2.51. The van der Waals surface area contributed by atoms with Crippen LogP contribution < -0.4 is 5.73 Å². The second-order valence-electron chi connectivity index (χ2n) is 3.18. The summed E-state index contributed by atoms with van der Waals surface area (Å²) in [6, 6.07) is 3.58. The second-order valence-corrected chi connectivity index (χ2v) is 3.18. The number of rotatable bonds is 2. The number of imidazole rings is 1. The number of nitrogen functional groups attached to an aromatic ring is 1. The predicted octanol–water partition coefficient (Wildman–Crippen LogP) is 0.861.